The fourth-order valence-electron chi connectivity index (χ4n) is 3.34. The van der Waals surface area contributed by atoms with Crippen molar-refractivity contribution in [1.82, 2.24) is 10.2 Å². The number of nitrogens with zero attached hydrogens (tertiary/aromatic N) is 1. The van der Waals surface area contributed by atoms with Crippen LogP contribution in [0.15, 0.2) is 53.7 Å². The molecule has 7 heteroatoms. The van der Waals surface area contributed by atoms with Gasteiger partial charge >= 0.3 is 0 Å². The highest BCUT2D eigenvalue weighted by atomic mass is 35.5. The molecule has 0 aromatic heterocycles. The van der Waals surface area contributed by atoms with Gasteiger partial charge < -0.3 is 19.7 Å². The lowest BCUT2D eigenvalue weighted by atomic mass is 9.89. The zero-order valence-electron chi connectivity index (χ0n) is 16.8. The molecule has 2 aromatic rings. The van der Waals surface area contributed by atoms with Crippen LogP contribution in [0.2, 0.25) is 5.02 Å². The van der Waals surface area contributed by atoms with E-state index >= 15 is 0 Å². The van der Waals surface area contributed by atoms with Gasteiger partial charge in [-0.3, -0.25) is 4.79 Å². The largest absolute Gasteiger partial charge is 0.491 e. The highest BCUT2D eigenvalue weighted by Gasteiger charge is 2.33. The first-order chi connectivity index (χ1) is 13.9. The summed E-state index contributed by atoms with van der Waals surface area (Å²) in [6, 6.07) is 12.3. The first kappa shape index (κ1) is 21.1. The fraction of sp³-hybridized carbons (Fsp3) is 0.273. The van der Waals surface area contributed by atoms with E-state index in [1.165, 1.54) is 0 Å². The van der Waals surface area contributed by atoms with Crippen LogP contribution in [0.1, 0.15) is 35.8 Å². The lowest BCUT2D eigenvalue weighted by molar-refractivity contribution is 0.102. The number of allylic oxidation sites excluding steroid dienone is 1. The molecule has 152 valence electrons. The molecule has 1 heterocycles. The van der Waals surface area contributed by atoms with Gasteiger partial charge in [-0.2, -0.15) is 0 Å². The molecule has 0 radical (unpaired) electrons. The molecule has 1 unspecified atom stereocenters. The monoisotopic (exact) mass is 430 g/mol. The maximum atomic E-state index is 13.4. The molecular weight excluding hydrogens is 408 g/mol. The molecule has 0 saturated carbocycles. The number of Topliss-reactive ketones (excluding diaryl/α,β-unsaturated/α-hetero) is 1. The summed E-state index contributed by atoms with van der Waals surface area (Å²) < 4.78 is 11.1. The lowest BCUT2D eigenvalue weighted by Gasteiger charge is -2.36. The van der Waals surface area contributed by atoms with Crippen molar-refractivity contribution in [3.8, 4) is 11.5 Å². The highest BCUT2D eigenvalue weighted by Crippen LogP contribution is 2.41. The van der Waals surface area contributed by atoms with Crippen molar-refractivity contribution in [2.75, 3.05) is 20.8 Å². The molecule has 0 amide bonds. The molecule has 0 bridgehead atoms. The van der Waals surface area contributed by atoms with Gasteiger partial charge in [-0.1, -0.05) is 41.9 Å². The third kappa shape index (κ3) is 4.09. The Morgan fingerprint density at radius 3 is 2.59 bits per heavy atom. The Bertz CT molecular complexity index is 976. The molecule has 1 aliphatic rings. The number of hydrogen-bond donors (Lipinski definition) is 1. The van der Waals surface area contributed by atoms with Crippen molar-refractivity contribution in [3.05, 3.63) is 69.9 Å². The number of thiocarbonyl (C=S) groups is 1. The quantitative estimate of drug-likeness (QED) is 0.526. The van der Waals surface area contributed by atoms with E-state index < -0.39 is 6.04 Å². The van der Waals surface area contributed by atoms with Crippen LogP contribution in [0, 0.1) is 0 Å². The van der Waals surface area contributed by atoms with E-state index in [-0.39, 0.29) is 5.78 Å². The average molecular weight is 431 g/mol. The normalized spacial score (nSPS) is 16.5. The van der Waals surface area contributed by atoms with E-state index in [9.17, 15) is 4.79 Å². The third-order valence-corrected chi connectivity index (χ3v) is 5.58. The number of halogens is 1. The second-order valence-corrected chi connectivity index (χ2v) is 7.40. The third-order valence-electron chi connectivity index (χ3n) is 4.90. The minimum atomic E-state index is -0.464. The second-order valence-electron chi connectivity index (χ2n) is 6.60. The number of hydrogen-bond acceptors (Lipinski definition) is 4. The van der Waals surface area contributed by atoms with E-state index in [2.05, 4.69) is 5.32 Å². The van der Waals surface area contributed by atoms with E-state index in [0.717, 1.165) is 11.3 Å². The van der Waals surface area contributed by atoms with Crippen LogP contribution in [0.3, 0.4) is 0 Å². The molecule has 1 atom stereocenters. The molecule has 0 fully saturated rings. The van der Waals surface area contributed by atoms with Crippen molar-refractivity contribution in [1.29, 1.82) is 0 Å². The van der Waals surface area contributed by atoms with E-state index in [0.29, 0.717) is 39.4 Å². The molecule has 0 aliphatic carbocycles. The average Bonchev–Trinajstić information content (AvgIpc) is 2.72. The summed E-state index contributed by atoms with van der Waals surface area (Å²) in [6.07, 6.45) is 0. The molecule has 1 aliphatic heterocycles. The summed E-state index contributed by atoms with van der Waals surface area (Å²) >= 11 is 11.9. The number of carbonyl (C=O) groups is 1. The summed E-state index contributed by atoms with van der Waals surface area (Å²) in [4.78, 5) is 15.2. The van der Waals surface area contributed by atoms with Crippen LogP contribution >= 0.6 is 23.8 Å². The van der Waals surface area contributed by atoms with Gasteiger partial charge in [0.05, 0.1) is 24.8 Å². The van der Waals surface area contributed by atoms with Gasteiger partial charge in [0.2, 0.25) is 0 Å². The Kier molecular flexibility index (Phi) is 6.45. The Labute approximate surface area is 181 Å². The number of carbonyl (C=O) groups excluding carboxylic acids is 1. The van der Waals surface area contributed by atoms with Crippen LogP contribution < -0.4 is 14.8 Å². The van der Waals surface area contributed by atoms with Crippen LogP contribution in [-0.4, -0.2) is 36.6 Å². The van der Waals surface area contributed by atoms with Crippen molar-refractivity contribution in [2.45, 2.75) is 19.9 Å². The van der Waals surface area contributed by atoms with Gasteiger partial charge in [0.25, 0.3) is 0 Å². The van der Waals surface area contributed by atoms with Gasteiger partial charge in [-0.25, -0.2) is 0 Å². The number of nitrogens with one attached hydrogen (secondary N) is 1. The fourth-order valence-corrected chi connectivity index (χ4v) is 3.89. The first-order valence-corrected chi connectivity index (χ1v) is 10.0. The molecule has 1 N–H and O–H groups in total. The molecule has 0 saturated heterocycles. The standard InChI is InChI=1S/C22H23ClN2O3S/c1-5-28-17-12-15(11-16(23)21(17)27-4)19-18(13(2)25(3)22(29)24-19)20(26)14-9-7-6-8-10-14/h6-12,19H,5H2,1-4H3,(H,24,29). The maximum Gasteiger partial charge on any atom is 0.193 e. The summed E-state index contributed by atoms with van der Waals surface area (Å²) in [5.74, 6) is 0.914. The minimum Gasteiger partial charge on any atom is -0.491 e. The molecule has 5 nitrogen and oxygen atoms in total. The van der Waals surface area contributed by atoms with Gasteiger partial charge in [0.1, 0.15) is 0 Å². The molecule has 29 heavy (non-hydrogen) atoms. The number of rotatable bonds is 6. The van der Waals surface area contributed by atoms with Crippen LogP contribution in [-0.2, 0) is 0 Å². The van der Waals surface area contributed by atoms with Crippen LogP contribution in [0.4, 0.5) is 0 Å². The topological polar surface area (TPSA) is 50.8 Å². The van der Waals surface area contributed by atoms with Crippen molar-refractivity contribution in [2.24, 2.45) is 0 Å². The molecular formula is C22H23ClN2O3S. The van der Waals surface area contributed by atoms with Crippen LogP contribution in [0.25, 0.3) is 0 Å². The summed E-state index contributed by atoms with van der Waals surface area (Å²) in [7, 11) is 3.38. The maximum absolute atomic E-state index is 13.4. The van der Waals surface area contributed by atoms with E-state index in [4.69, 9.17) is 33.3 Å². The van der Waals surface area contributed by atoms with Gasteiger partial charge in [0, 0.05) is 23.9 Å². The number of methoxy groups -OCH3 is 1. The molecule has 0 spiro atoms. The first-order valence-electron chi connectivity index (χ1n) is 9.24. The summed E-state index contributed by atoms with van der Waals surface area (Å²) in [6.45, 7) is 4.24. The Balaban J connectivity index is 2.16. The van der Waals surface area contributed by atoms with Crippen molar-refractivity contribution in [3.63, 3.8) is 0 Å². The predicted molar refractivity (Wildman–Crippen MR) is 119 cm³/mol. The highest BCUT2D eigenvalue weighted by molar-refractivity contribution is 7.80. The van der Waals surface area contributed by atoms with Gasteiger partial charge in [-0.15, -0.1) is 0 Å². The van der Waals surface area contributed by atoms with Gasteiger partial charge in [-0.05, 0) is 43.8 Å². The Morgan fingerprint density at radius 2 is 1.97 bits per heavy atom. The number of benzene rings is 2. The number of ketones is 1. The zero-order valence-corrected chi connectivity index (χ0v) is 18.4. The van der Waals surface area contributed by atoms with Crippen molar-refractivity contribution < 1.29 is 14.3 Å². The number of ether oxygens (including phenoxy) is 2. The van der Waals surface area contributed by atoms with Gasteiger partial charge in [0.15, 0.2) is 22.4 Å². The van der Waals surface area contributed by atoms with E-state index in [1.807, 2.05) is 45.2 Å². The smallest absolute Gasteiger partial charge is 0.193 e. The SMILES string of the molecule is CCOc1cc(C2NC(=S)N(C)C(C)=C2C(=O)c2ccccc2)cc(Cl)c1OC. The Morgan fingerprint density at radius 1 is 1.28 bits per heavy atom. The second kappa shape index (κ2) is 8.84. The molecule has 2 aromatic carbocycles. The lowest BCUT2D eigenvalue weighted by Crippen LogP contribution is -2.45. The van der Waals surface area contributed by atoms with E-state index in [1.54, 1.807) is 30.2 Å². The zero-order chi connectivity index (χ0) is 21.1. The van der Waals surface area contributed by atoms with Crippen molar-refractivity contribution >= 4 is 34.7 Å². The predicted octanol–water partition coefficient (Wildman–Crippen LogP) is 4.77. The molecule has 3 rings (SSSR count). The van der Waals surface area contributed by atoms with Crippen LogP contribution in [0.5, 0.6) is 11.5 Å². The summed E-state index contributed by atoms with van der Waals surface area (Å²) in [5, 5.41) is 4.21. The Hall–Kier alpha value is -2.57. The minimum absolute atomic E-state index is 0.0696. The summed E-state index contributed by atoms with van der Waals surface area (Å²) in [5.41, 5.74) is 2.78.